The number of piperazine rings is 1. The normalized spacial score (nSPS) is 27.7. The molecule has 4 heterocycles. The summed E-state index contributed by atoms with van der Waals surface area (Å²) in [5.74, 6) is 0.763. The van der Waals surface area contributed by atoms with Gasteiger partial charge in [0, 0.05) is 29.6 Å². The Hall–Kier alpha value is -2.30. The molecule has 2 amide bonds. The van der Waals surface area contributed by atoms with Crippen molar-refractivity contribution in [2.24, 2.45) is 5.92 Å². The molecular formula is C22H27N3O2. The fourth-order valence-electron chi connectivity index (χ4n) is 5.38. The van der Waals surface area contributed by atoms with Gasteiger partial charge in [-0.25, -0.2) is 0 Å². The zero-order valence-electron chi connectivity index (χ0n) is 16.1. The fraction of sp³-hybridized carbons (Fsp3) is 0.545. The molecule has 0 bridgehead atoms. The van der Waals surface area contributed by atoms with E-state index in [-0.39, 0.29) is 29.9 Å². The van der Waals surface area contributed by atoms with E-state index in [1.54, 1.807) is 0 Å². The lowest BCUT2D eigenvalue weighted by Gasteiger charge is -2.51. The van der Waals surface area contributed by atoms with Crippen LogP contribution >= 0.6 is 0 Å². The number of aromatic nitrogens is 1. The topological polar surface area (TPSA) is 56.4 Å². The van der Waals surface area contributed by atoms with Crippen molar-refractivity contribution in [1.82, 2.24) is 14.8 Å². The number of para-hydroxylation sites is 1. The number of nitrogens with zero attached hydrogens (tertiary/aromatic N) is 2. The number of nitrogens with one attached hydrogen (secondary N) is 1. The first kappa shape index (κ1) is 16.8. The number of H-pyrrole nitrogens is 1. The summed E-state index contributed by atoms with van der Waals surface area (Å²) in [6.07, 6.45) is 4.35. The van der Waals surface area contributed by atoms with Gasteiger partial charge in [-0.15, -0.1) is 0 Å². The Morgan fingerprint density at radius 2 is 1.93 bits per heavy atom. The minimum Gasteiger partial charge on any atom is -0.356 e. The van der Waals surface area contributed by atoms with Crippen molar-refractivity contribution in [3.05, 3.63) is 35.5 Å². The predicted molar refractivity (Wildman–Crippen MR) is 104 cm³/mol. The van der Waals surface area contributed by atoms with E-state index in [9.17, 15) is 9.59 Å². The van der Waals surface area contributed by atoms with Crippen LogP contribution in [0.4, 0.5) is 0 Å². The van der Waals surface area contributed by atoms with Crippen molar-refractivity contribution in [2.75, 3.05) is 6.54 Å². The summed E-state index contributed by atoms with van der Waals surface area (Å²) in [6, 6.07) is 7.68. The molecule has 3 aliphatic heterocycles. The minimum atomic E-state index is -0.345. The average Bonchev–Trinajstić information content (AvgIpc) is 3.04. The Bertz CT molecular complexity index is 915. The molecule has 1 aromatic heterocycles. The maximum absolute atomic E-state index is 13.5. The third-order valence-electron chi connectivity index (χ3n) is 6.55. The molecule has 1 aromatic carbocycles. The Labute approximate surface area is 159 Å². The summed E-state index contributed by atoms with van der Waals surface area (Å²) >= 11 is 0. The van der Waals surface area contributed by atoms with Crippen LogP contribution in [0.2, 0.25) is 0 Å². The summed E-state index contributed by atoms with van der Waals surface area (Å²) in [7, 11) is 0. The monoisotopic (exact) mass is 365 g/mol. The van der Waals surface area contributed by atoms with E-state index in [0.29, 0.717) is 12.3 Å². The molecule has 142 valence electrons. The molecule has 0 aliphatic carbocycles. The van der Waals surface area contributed by atoms with Crippen molar-refractivity contribution < 1.29 is 9.59 Å². The highest BCUT2D eigenvalue weighted by Crippen LogP contribution is 2.43. The van der Waals surface area contributed by atoms with Crippen LogP contribution in [-0.4, -0.2) is 45.2 Å². The number of aromatic amines is 1. The lowest BCUT2D eigenvalue weighted by Crippen LogP contribution is -2.67. The quantitative estimate of drug-likeness (QED) is 0.887. The van der Waals surface area contributed by atoms with Gasteiger partial charge in [0.1, 0.15) is 12.1 Å². The lowest BCUT2D eigenvalue weighted by atomic mass is 9.83. The van der Waals surface area contributed by atoms with E-state index in [0.717, 1.165) is 43.4 Å². The number of fused-ring (bicyclic) bond motifs is 5. The summed E-state index contributed by atoms with van der Waals surface area (Å²) in [5, 5.41) is 1.20. The average molecular weight is 365 g/mol. The molecule has 0 saturated carbocycles. The molecule has 0 spiro atoms. The van der Waals surface area contributed by atoms with Crippen LogP contribution in [0.1, 0.15) is 56.8 Å². The van der Waals surface area contributed by atoms with E-state index in [4.69, 9.17) is 0 Å². The molecular weight excluding hydrogens is 338 g/mol. The van der Waals surface area contributed by atoms with Crippen LogP contribution in [0.15, 0.2) is 24.3 Å². The van der Waals surface area contributed by atoms with Gasteiger partial charge in [-0.2, -0.15) is 0 Å². The molecule has 3 atom stereocenters. The van der Waals surface area contributed by atoms with Crippen molar-refractivity contribution >= 4 is 22.7 Å². The second-order valence-corrected chi connectivity index (χ2v) is 8.72. The van der Waals surface area contributed by atoms with Crippen LogP contribution < -0.4 is 0 Å². The van der Waals surface area contributed by atoms with Crippen LogP contribution in [0.25, 0.3) is 10.9 Å². The lowest BCUT2D eigenvalue weighted by molar-refractivity contribution is -0.168. The second-order valence-electron chi connectivity index (χ2n) is 8.72. The Kier molecular flexibility index (Phi) is 3.81. The summed E-state index contributed by atoms with van der Waals surface area (Å²) in [4.78, 5) is 34.3. The largest absolute Gasteiger partial charge is 0.356 e. The van der Waals surface area contributed by atoms with E-state index < -0.39 is 0 Å². The van der Waals surface area contributed by atoms with E-state index >= 15 is 0 Å². The molecule has 2 aromatic rings. The van der Waals surface area contributed by atoms with Gasteiger partial charge in [0.15, 0.2) is 0 Å². The van der Waals surface area contributed by atoms with Crippen LogP contribution in [0.5, 0.6) is 0 Å². The zero-order chi connectivity index (χ0) is 18.7. The number of amides is 2. The SMILES string of the molecule is CC(C)C[C@H]1c2[nH]c3ccccc3c2C[C@@H]2C(=O)N3CCCC[C@@H]3C(=O)N21. The number of carbonyl (C=O) groups excluding carboxylic acids is 2. The van der Waals surface area contributed by atoms with E-state index in [2.05, 4.69) is 37.0 Å². The zero-order valence-corrected chi connectivity index (χ0v) is 16.1. The van der Waals surface area contributed by atoms with Gasteiger partial charge in [0.25, 0.3) is 0 Å². The van der Waals surface area contributed by atoms with Crippen LogP contribution in [0, 0.1) is 5.92 Å². The summed E-state index contributed by atoms with van der Waals surface area (Å²) in [5.41, 5.74) is 3.48. The van der Waals surface area contributed by atoms with Gasteiger partial charge in [0.2, 0.25) is 11.8 Å². The van der Waals surface area contributed by atoms with Crippen molar-refractivity contribution in [3.8, 4) is 0 Å². The molecule has 0 radical (unpaired) electrons. The standard InChI is InChI=1S/C22H27N3O2/c1-13(2)11-18-20-15(14-7-3-4-8-16(14)23-20)12-19-21(26)24-10-6-5-9-17(24)22(27)25(18)19/h3-4,7-8,13,17-19,23H,5-6,9-12H2,1-2H3/t17-,18+,19-/m1/s1. The molecule has 3 aliphatic rings. The predicted octanol–water partition coefficient (Wildman–Crippen LogP) is 3.40. The van der Waals surface area contributed by atoms with Gasteiger partial charge < -0.3 is 14.8 Å². The second kappa shape index (κ2) is 6.11. The molecule has 5 nitrogen and oxygen atoms in total. The number of benzene rings is 1. The molecule has 1 N–H and O–H groups in total. The van der Waals surface area contributed by atoms with Crippen LogP contribution in [0.3, 0.4) is 0 Å². The highest BCUT2D eigenvalue weighted by atomic mass is 16.2. The number of carbonyl (C=O) groups is 2. The fourth-order valence-corrected chi connectivity index (χ4v) is 5.38. The van der Waals surface area contributed by atoms with E-state index in [1.165, 1.54) is 10.9 Å². The molecule has 5 heteroatoms. The first-order chi connectivity index (χ1) is 13.1. The number of piperidine rings is 1. The number of rotatable bonds is 2. The molecule has 0 unspecified atom stereocenters. The first-order valence-corrected chi connectivity index (χ1v) is 10.3. The minimum absolute atomic E-state index is 0.0355. The highest BCUT2D eigenvalue weighted by molar-refractivity contribution is 5.99. The summed E-state index contributed by atoms with van der Waals surface area (Å²) in [6.45, 7) is 5.11. The van der Waals surface area contributed by atoms with Gasteiger partial charge >= 0.3 is 0 Å². The van der Waals surface area contributed by atoms with Gasteiger partial charge in [0.05, 0.1) is 6.04 Å². The Morgan fingerprint density at radius 3 is 2.74 bits per heavy atom. The van der Waals surface area contributed by atoms with Crippen molar-refractivity contribution in [1.29, 1.82) is 0 Å². The molecule has 5 rings (SSSR count). The molecule has 2 fully saturated rings. The third kappa shape index (κ3) is 2.43. The maximum Gasteiger partial charge on any atom is 0.246 e. The summed E-state index contributed by atoms with van der Waals surface area (Å²) < 4.78 is 0. The van der Waals surface area contributed by atoms with Gasteiger partial charge in [-0.3, -0.25) is 9.59 Å². The Morgan fingerprint density at radius 1 is 1.11 bits per heavy atom. The first-order valence-electron chi connectivity index (χ1n) is 10.3. The third-order valence-corrected chi connectivity index (χ3v) is 6.55. The van der Waals surface area contributed by atoms with Gasteiger partial charge in [-0.05, 0) is 43.2 Å². The van der Waals surface area contributed by atoms with E-state index in [1.807, 2.05) is 15.9 Å². The molecule has 2 saturated heterocycles. The number of hydrogen-bond donors (Lipinski definition) is 1. The smallest absolute Gasteiger partial charge is 0.246 e. The van der Waals surface area contributed by atoms with Crippen molar-refractivity contribution in [3.63, 3.8) is 0 Å². The molecule has 27 heavy (non-hydrogen) atoms. The van der Waals surface area contributed by atoms with Gasteiger partial charge in [-0.1, -0.05) is 32.0 Å². The van der Waals surface area contributed by atoms with Crippen LogP contribution in [-0.2, 0) is 16.0 Å². The maximum atomic E-state index is 13.5. The van der Waals surface area contributed by atoms with Crippen molar-refractivity contribution in [2.45, 2.75) is 64.1 Å². The Balaban J connectivity index is 1.66. The number of hydrogen-bond acceptors (Lipinski definition) is 2. The highest BCUT2D eigenvalue weighted by Gasteiger charge is 2.52.